The maximum atomic E-state index is 12.1. The number of rotatable bonds is 1. The van der Waals surface area contributed by atoms with Crippen LogP contribution in [0.1, 0.15) is 22.6 Å². The van der Waals surface area contributed by atoms with Gasteiger partial charge in [-0.25, -0.2) is 4.98 Å². The van der Waals surface area contributed by atoms with Crippen LogP contribution in [0.4, 0.5) is 0 Å². The second kappa shape index (κ2) is 3.63. The molecule has 82 valence electrons. The largest absolute Gasteiger partial charge is 0.348 e. The van der Waals surface area contributed by atoms with Crippen molar-refractivity contribution in [1.82, 2.24) is 14.5 Å². The number of carbonyl (C=O) groups is 1. The van der Waals surface area contributed by atoms with Gasteiger partial charge in [0.2, 0.25) is 5.91 Å². The van der Waals surface area contributed by atoms with E-state index in [9.17, 15) is 4.79 Å². The average molecular weight is 215 g/mol. The van der Waals surface area contributed by atoms with Gasteiger partial charge in [0, 0.05) is 30.4 Å². The second-order valence-electron chi connectivity index (χ2n) is 4.20. The molecule has 0 saturated carbocycles. The lowest BCUT2D eigenvalue weighted by Crippen LogP contribution is -2.26. The van der Waals surface area contributed by atoms with E-state index in [0.29, 0.717) is 0 Å². The van der Waals surface area contributed by atoms with Gasteiger partial charge >= 0.3 is 0 Å². The lowest BCUT2D eigenvalue weighted by Gasteiger charge is -2.20. The van der Waals surface area contributed by atoms with Crippen molar-refractivity contribution < 1.29 is 4.79 Å². The number of aryl methyl sites for hydroxylation is 1. The van der Waals surface area contributed by atoms with Crippen molar-refractivity contribution in [3.63, 3.8) is 0 Å². The Labute approximate surface area is 93.3 Å². The van der Waals surface area contributed by atoms with Gasteiger partial charge in [-0.2, -0.15) is 0 Å². The summed E-state index contributed by atoms with van der Waals surface area (Å²) in [5.41, 5.74) is 2.24. The van der Waals surface area contributed by atoms with E-state index in [2.05, 4.69) is 9.97 Å². The van der Waals surface area contributed by atoms with Crippen LogP contribution < -0.4 is 0 Å². The highest BCUT2D eigenvalue weighted by molar-refractivity contribution is 5.81. The van der Waals surface area contributed by atoms with Crippen LogP contribution in [0.25, 0.3) is 0 Å². The number of fused-ring (bicyclic) bond motifs is 1. The first-order chi connectivity index (χ1) is 7.84. The molecule has 4 heteroatoms. The van der Waals surface area contributed by atoms with Gasteiger partial charge in [-0.05, 0) is 25.0 Å². The topological polar surface area (TPSA) is 50.7 Å². The molecule has 1 N–H and O–H groups in total. The lowest BCUT2D eigenvalue weighted by atomic mass is 9.89. The molecule has 0 saturated heterocycles. The monoisotopic (exact) mass is 215 g/mol. The van der Waals surface area contributed by atoms with Crippen LogP contribution in [-0.4, -0.2) is 20.4 Å². The zero-order chi connectivity index (χ0) is 11.0. The van der Waals surface area contributed by atoms with E-state index < -0.39 is 0 Å². The SMILES string of the molecule is O=C(C1CCc2nc[nH]c2C1)n1cccc1. The van der Waals surface area contributed by atoms with E-state index in [0.717, 1.165) is 30.7 Å². The molecule has 0 bridgehead atoms. The van der Waals surface area contributed by atoms with Gasteiger partial charge in [-0.1, -0.05) is 0 Å². The van der Waals surface area contributed by atoms with Crippen LogP contribution >= 0.6 is 0 Å². The fraction of sp³-hybridized carbons (Fsp3) is 0.333. The van der Waals surface area contributed by atoms with E-state index in [4.69, 9.17) is 0 Å². The Kier molecular flexibility index (Phi) is 2.13. The number of nitrogens with zero attached hydrogens (tertiary/aromatic N) is 2. The zero-order valence-electron chi connectivity index (χ0n) is 8.89. The third kappa shape index (κ3) is 1.46. The van der Waals surface area contributed by atoms with Gasteiger partial charge in [-0.3, -0.25) is 9.36 Å². The fourth-order valence-electron chi connectivity index (χ4n) is 2.30. The number of imidazole rings is 1. The molecule has 1 aliphatic carbocycles. The fourth-order valence-corrected chi connectivity index (χ4v) is 2.30. The molecular formula is C12H13N3O. The van der Waals surface area contributed by atoms with Crippen molar-refractivity contribution in [2.45, 2.75) is 19.3 Å². The van der Waals surface area contributed by atoms with E-state index in [1.165, 1.54) is 0 Å². The highest BCUT2D eigenvalue weighted by atomic mass is 16.2. The molecule has 0 fully saturated rings. The van der Waals surface area contributed by atoms with E-state index in [1.807, 2.05) is 24.5 Å². The Morgan fingerprint density at radius 1 is 1.44 bits per heavy atom. The quantitative estimate of drug-likeness (QED) is 0.786. The summed E-state index contributed by atoms with van der Waals surface area (Å²) in [5, 5.41) is 0. The minimum Gasteiger partial charge on any atom is -0.348 e. The normalized spacial score (nSPS) is 19.4. The summed E-state index contributed by atoms with van der Waals surface area (Å²) in [6, 6.07) is 3.75. The molecule has 3 rings (SSSR count). The standard InChI is InChI=1S/C12H13N3O/c16-12(15-5-1-2-6-15)9-3-4-10-11(7-9)14-8-13-10/h1-2,5-6,8-9H,3-4,7H2,(H,13,14). The van der Waals surface area contributed by atoms with Crippen LogP contribution in [-0.2, 0) is 12.8 Å². The van der Waals surface area contributed by atoms with Crippen LogP contribution in [0, 0.1) is 5.92 Å². The Morgan fingerprint density at radius 3 is 3.06 bits per heavy atom. The Morgan fingerprint density at radius 2 is 2.25 bits per heavy atom. The summed E-state index contributed by atoms with van der Waals surface area (Å²) in [6.45, 7) is 0. The van der Waals surface area contributed by atoms with Crippen molar-refractivity contribution in [2.75, 3.05) is 0 Å². The smallest absolute Gasteiger partial charge is 0.234 e. The maximum absolute atomic E-state index is 12.1. The zero-order valence-corrected chi connectivity index (χ0v) is 8.89. The van der Waals surface area contributed by atoms with Crippen LogP contribution in [0.3, 0.4) is 0 Å². The van der Waals surface area contributed by atoms with Crippen molar-refractivity contribution in [3.05, 3.63) is 42.2 Å². The first-order valence-electron chi connectivity index (χ1n) is 5.53. The van der Waals surface area contributed by atoms with Crippen molar-refractivity contribution >= 4 is 5.91 Å². The Bertz CT molecular complexity index is 498. The van der Waals surface area contributed by atoms with Crippen LogP contribution in [0.15, 0.2) is 30.9 Å². The molecule has 0 aromatic carbocycles. The molecule has 4 nitrogen and oxygen atoms in total. The molecule has 2 heterocycles. The number of H-pyrrole nitrogens is 1. The molecule has 2 aromatic rings. The predicted octanol–water partition coefficient (Wildman–Crippen LogP) is 1.66. The van der Waals surface area contributed by atoms with E-state index in [1.54, 1.807) is 10.9 Å². The molecular weight excluding hydrogens is 202 g/mol. The van der Waals surface area contributed by atoms with E-state index >= 15 is 0 Å². The molecule has 1 atom stereocenters. The van der Waals surface area contributed by atoms with Gasteiger partial charge in [0.25, 0.3) is 0 Å². The molecule has 0 spiro atoms. The second-order valence-corrected chi connectivity index (χ2v) is 4.20. The number of aromatic nitrogens is 3. The van der Waals surface area contributed by atoms with Gasteiger partial charge in [0.15, 0.2) is 0 Å². The van der Waals surface area contributed by atoms with Crippen LogP contribution in [0.2, 0.25) is 0 Å². The number of carbonyl (C=O) groups excluding carboxylic acids is 1. The Hall–Kier alpha value is -1.84. The van der Waals surface area contributed by atoms with Gasteiger partial charge in [0.05, 0.1) is 12.0 Å². The highest BCUT2D eigenvalue weighted by Gasteiger charge is 2.26. The highest BCUT2D eigenvalue weighted by Crippen LogP contribution is 2.24. The number of nitrogens with one attached hydrogen (secondary N) is 1. The van der Waals surface area contributed by atoms with Gasteiger partial charge in [0.1, 0.15) is 0 Å². The molecule has 1 unspecified atom stereocenters. The average Bonchev–Trinajstić information content (AvgIpc) is 2.98. The third-order valence-corrected chi connectivity index (χ3v) is 3.20. The minimum atomic E-state index is 0.0837. The summed E-state index contributed by atoms with van der Waals surface area (Å²) < 4.78 is 1.67. The molecule has 0 radical (unpaired) electrons. The lowest BCUT2D eigenvalue weighted by molar-refractivity contribution is 0.0821. The number of aromatic amines is 1. The number of hydrogen-bond acceptors (Lipinski definition) is 2. The Balaban J connectivity index is 1.81. The molecule has 1 aliphatic rings. The molecule has 2 aromatic heterocycles. The van der Waals surface area contributed by atoms with Gasteiger partial charge in [-0.15, -0.1) is 0 Å². The van der Waals surface area contributed by atoms with Crippen molar-refractivity contribution in [3.8, 4) is 0 Å². The molecule has 0 amide bonds. The predicted molar refractivity (Wildman–Crippen MR) is 59.2 cm³/mol. The number of hydrogen-bond donors (Lipinski definition) is 1. The molecule has 16 heavy (non-hydrogen) atoms. The summed E-state index contributed by atoms with van der Waals surface area (Å²) in [7, 11) is 0. The summed E-state index contributed by atoms with van der Waals surface area (Å²) in [4.78, 5) is 19.5. The van der Waals surface area contributed by atoms with Crippen molar-refractivity contribution in [1.29, 1.82) is 0 Å². The van der Waals surface area contributed by atoms with Crippen LogP contribution in [0.5, 0.6) is 0 Å². The van der Waals surface area contributed by atoms with E-state index in [-0.39, 0.29) is 11.8 Å². The minimum absolute atomic E-state index is 0.0837. The van der Waals surface area contributed by atoms with Gasteiger partial charge < -0.3 is 4.98 Å². The first-order valence-corrected chi connectivity index (χ1v) is 5.53. The third-order valence-electron chi connectivity index (χ3n) is 3.20. The molecule has 0 aliphatic heterocycles. The summed E-state index contributed by atoms with van der Waals surface area (Å²) in [6.07, 6.45) is 7.92. The maximum Gasteiger partial charge on any atom is 0.234 e. The summed E-state index contributed by atoms with van der Waals surface area (Å²) >= 11 is 0. The first kappa shape index (κ1) is 9.39. The summed E-state index contributed by atoms with van der Waals surface area (Å²) in [5.74, 6) is 0.269. The van der Waals surface area contributed by atoms with Crippen molar-refractivity contribution in [2.24, 2.45) is 5.92 Å².